The van der Waals surface area contributed by atoms with E-state index in [1.807, 2.05) is 0 Å². The van der Waals surface area contributed by atoms with E-state index in [-0.39, 0.29) is 5.92 Å². The summed E-state index contributed by atoms with van der Waals surface area (Å²) >= 11 is 5.04. The van der Waals surface area contributed by atoms with Crippen molar-refractivity contribution < 1.29 is 0 Å². The maximum absolute atomic E-state index is 5.69. The SMILES string of the molecule is CCN(CC(C)C(N)=S)c1ccc2c(n1)CCC2. The predicted molar refractivity (Wildman–Crippen MR) is 80.1 cm³/mol. The first-order valence-corrected chi connectivity index (χ1v) is 7.05. The Morgan fingerprint density at radius 2 is 2.28 bits per heavy atom. The smallest absolute Gasteiger partial charge is 0.128 e. The molecule has 0 saturated carbocycles. The Hall–Kier alpha value is -1.16. The minimum Gasteiger partial charge on any atom is -0.393 e. The van der Waals surface area contributed by atoms with Gasteiger partial charge in [0.2, 0.25) is 0 Å². The Morgan fingerprint density at radius 3 is 2.94 bits per heavy atom. The van der Waals surface area contributed by atoms with E-state index in [1.54, 1.807) is 0 Å². The van der Waals surface area contributed by atoms with Crippen molar-refractivity contribution >= 4 is 23.0 Å². The van der Waals surface area contributed by atoms with Crippen LogP contribution in [0.1, 0.15) is 31.5 Å². The topological polar surface area (TPSA) is 42.1 Å². The van der Waals surface area contributed by atoms with Gasteiger partial charge in [-0.05, 0) is 37.8 Å². The van der Waals surface area contributed by atoms with E-state index < -0.39 is 0 Å². The molecule has 1 unspecified atom stereocenters. The number of anilines is 1. The monoisotopic (exact) mass is 263 g/mol. The number of hydrogen-bond donors (Lipinski definition) is 1. The van der Waals surface area contributed by atoms with Gasteiger partial charge in [-0.3, -0.25) is 0 Å². The number of aromatic nitrogens is 1. The molecule has 1 aromatic rings. The molecule has 1 aromatic heterocycles. The molecule has 0 fully saturated rings. The molecule has 0 saturated heterocycles. The summed E-state index contributed by atoms with van der Waals surface area (Å²) in [4.78, 5) is 7.61. The van der Waals surface area contributed by atoms with E-state index in [0.717, 1.165) is 25.3 Å². The standard InChI is InChI=1S/C14H21N3S/c1-3-17(9-10(2)14(15)18)13-8-7-11-5-4-6-12(11)16-13/h7-8,10H,3-6,9H2,1-2H3,(H2,15,18). The first kappa shape index (κ1) is 13.3. The number of fused-ring (bicyclic) bond motifs is 1. The minimum atomic E-state index is 0.218. The fraction of sp³-hybridized carbons (Fsp3) is 0.571. The van der Waals surface area contributed by atoms with E-state index in [0.29, 0.717) is 4.99 Å². The van der Waals surface area contributed by atoms with Crippen molar-refractivity contribution in [2.24, 2.45) is 11.7 Å². The molecule has 1 aliphatic carbocycles. The molecule has 1 aliphatic rings. The lowest BCUT2D eigenvalue weighted by molar-refractivity contribution is 0.698. The molecular formula is C14H21N3S. The molecule has 98 valence electrons. The van der Waals surface area contributed by atoms with Crippen molar-refractivity contribution in [3.63, 3.8) is 0 Å². The number of hydrogen-bond acceptors (Lipinski definition) is 3. The summed E-state index contributed by atoms with van der Waals surface area (Å²) in [5, 5.41) is 0. The van der Waals surface area contributed by atoms with Gasteiger partial charge in [0.25, 0.3) is 0 Å². The highest BCUT2D eigenvalue weighted by Gasteiger charge is 2.16. The average Bonchev–Trinajstić information content (AvgIpc) is 2.82. The van der Waals surface area contributed by atoms with Crippen LogP contribution < -0.4 is 10.6 Å². The van der Waals surface area contributed by atoms with Gasteiger partial charge in [0.1, 0.15) is 5.82 Å². The van der Waals surface area contributed by atoms with Crippen LogP contribution in [0.25, 0.3) is 0 Å². The third-order valence-corrected chi connectivity index (χ3v) is 4.00. The maximum Gasteiger partial charge on any atom is 0.128 e. The van der Waals surface area contributed by atoms with Crippen LogP contribution in [-0.4, -0.2) is 23.1 Å². The highest BCUT2D eigenvalue weighted by atomic mass is 32.1. The molecule has 1 atom stereocenters. The zero-order valence-electron chi connectivity index (χ0n) is 11.1. The first-order valence-electron chi connectivity index (χ1n) is 6.65. The van der Waals surface area contributed by atoms with Crippen molar-refractivity contribution in [3.05, 3.63) is 23.4 Å². The van der Waals surface area contributed by atoms with Crippen LogP contribution in [0.2, 0.25) is 0 Å². The van der Waals surface area contributed by atoms with Gasteiger partial charge in [-0.2, -0.15) is 0 Å². The van der Waals surface area contributed by atoms with Crippen LogP contribution in [0.3, 0.4) is 0 Å². The molecular weight excluding hydrogens is 242 g/mol. The average molecular weight is 263 g/mol. The fourth-order valence-corrected chi connectivity index (χ4v) is 2.46. The summed E-state index contributed by atoms with van der Waals surface area (Å²) in [6.07, 6.45) is 3.53. The predicted octanol–water partition coefficient (Wildman–Crippen LogP) is 2.32. The lowest BCUT2D eigenvalue weighted by Crippen LogP contribution is -2.34. The Labute approximate surface area is 114 Å². The molecule has 2 rings (SSSR count). The third kappa shape index (κ3) is 2.80. The molecule has 1 heterocycles. The lowest BCUT2D eigenvalue weighted by atomic mass is 10.1. The van der Waals surface area contributed by atoms with Crippen LogP contribution in [0, 0.1) is 5.92 Å². The summed E-state index contributed by atoms with van der Waals surface area (Å²) < 4.78 is 0. The molecule has 3 nitrogen and oxygen atoms in total. The van der Waals surface area contributed by atoms with Crippen LogP contribution in [0.15, 0.2) is 12.1 Å². The molecule has 18 heavy (non-hydrogen) atoms. The highest BCUT2D eigenvalue weighted by Crippen LogP contribution is 2.23. The second-order valence-corrected chi connectivity index (χ2v) is 5.44. The molecule has 0 spiro atoms. The number of nitrogens with zero attached hydrogens (tertiary/aromatic N) is 2. The molecule has 0 aliphatic heterocycles. The minimum absolute atomic E-state index is 0.218. The zero-order chi connectivity index (χ0) is 13.1. The second-order valence-electron chi connectivity index (χ2n) is 4.97. The van der Waals surface area contributed by atoms with E-state index in [4.69, 9.17) is 22.9 Å². The molecule has 2 N–H and O–H groups in total. The largest absolute Gasteiger partial charge is 0.393 e. The van der Waals surface area contributed by atoms with Crippen molar-refractivity contribution in [3.8, 4) is 0 Å². The fourth-order valence-electron chi connectivity index (χ4n) is 2.39. The number of thiocarbonyl (C=S) groups is 1. The van der Waals surface area contributed by atoms with E-state index in [9.17, 15) is 0 Å². The van der Waals surface area contributed by atoms with Crippen LogP contribution in [-0.2, 0) is 12.8 Å². The van der Waals surface area contributed by atoms with Gasteiger partial charge >= 0.3 is 0 Å². The van der Waals surface area contributed by atoms with Gasteiger partial charge in [-0.25, -0.2) is 4.98 Å². The number of nitrogens with two attached hydrogens (primary N) is 1. The van der Waals surface area contributed by atoms with Crippen molar-refractivity contribution in [1.29, 1.82) is 0 Å². The van der Waals surface area contributed by atoms with Crippen LogP contribution >= 0.6 is 12.2 Å². The summed E-state index contributed by atoms with van der Waals surface area (Å²) in [7, 11) is 0. The van der Waals surface area contributed by atoms with Gasteiger partial charge in [-0.15, -0.1) is 0 Å². The van der Waals surface area contributed by atoms with Gasteiger partial charge in [0.05, 0.1) is 4.99 Å². The number of rotatable bonds is 5. The van der Waals surface area contributed by atoms with Gasteiger partial charge in [0.15, 0.2) is 0 Å². The summed E-state index contributed by atoms with van der Waals surface area (Å²) in [6, 6.07) is 4.35. The van der Waals surface area contributed by atoms with E-state index in [1.165, 1.54) is 24.1 Å². The normalized spacial score (nSPS) is 15.2. The molecule has 0 amide bonds. The molecule has 4 heteroatoms. The second kappa shape index (κ2) is 5.65. The van der Waals surface area contributed by atoms with Crippen molar-refractivity contribution in [2.45, 2.75) is 33.1 Å². The Balaban J connectivity index is 2.15. The van der Waals surface area contributed by atoms with E-state index >= 15 is 0 Å². The van der Waals surface area contributed by atoms with E-state index in [2.05, 4.69) is 30.9 Å². The summed E-state index contributed by atoms with van der Waals surface area (Å²) in [6.45, 7) is 5.98. The van der Waals surface area contributed by atoms with Gasteiger partial charge in [-0.1, -0.05) is 25.2 Å². The number of aryl methyl sites for hydroxylation is 2. The Bertz CT molecular complexity index is 445. The highest BCUT2D eigenvalue weighted by molar-refractivity contribution is 7.80. The first-order chi connectivity index (χ1) is 8.61. The number of pyridine rings is 1. The molecule has 0 aromatic carbocycles. The van der Waals surface area contributed by atoms with Crippen LogP contribution in [0.5, 0.6) is 0 Å². The summed E-state index contributed by atoms with van der Waals surface area (Å²) in [5.41, 5.74) is 8.38. The van der Waals surface area contributed by atoms with Gasteiger partial charge < -0.3 is 10.6 Å². The van der Waals surface area contributed by atoms with Crippen molar-refractivity contribution in [1.82, 2.24) is 4.98 Å². The maximum atomic E-state index is 5.69. The molecule has 0 bridgehead atoms. The van der Waals surface area contributed by atoms with Crippen LogP contribution in [0.4, 0.5) is 5.82 Å². The van der Waals surface area contributed by atoms with Crippen molar-refractivity contribution in [2.75, 3.05) is 18.0 Å². The Kier molecular flexibility index (Phi) is 4.17. The Morgan fingerprint density at radius 1 is 1.50 bits per heavy atom. The quantitative estimate of drug-likeness (QED) is 0.828. The molecule has 0 radical (unpaired) electrons. The summed E-state index contributed by atoms with van der Waals surface area (Å²) in [5.74, 6) is 1.27. The third-order valence-electron chi connectivity index (χ3n) is 3.60. The van der Waals surface area contributed by atoms with Gasteiger partial charge in [0, 0.05) is 24.7 Å². The lowest BCUT2D eigenvalue weighted by Gasteiger charge is -2.25. The zero-order valence-corrected chi connectivity index (χ0v) is 12.0.